The number of rotatable bonds is 12. The van der Waals surface area contributed by atoms with Crippen LogP contribution in [-0.2, 0) is 17.1 Å². The fraction of sp³-hybridized carbons (Fsp3) is 0.240. The van der Waals surface area contributed by atoms with Gasteiger partial charge < -0.3 is 25.6 Å². The number of aromatic hydroxyl groups is 1. The van der Waals surface area contributed by atoms with Crippen LogP contribution in [0.5, 0.6) is 11.5 Å². The molecule has 3 rings (SSSR count). The Kier molecular flexibility index (Phi) is 8.34. The Balaban J connectivity index is 1.42. The number of hydrogen-bond donors (Lipinski definition) is 4. The van der Waals surface area contributed by atoms with Gasteiger partial charge in [-0.15, -0.1) is 0 Å². The van der Waals surface area contributed by atoms with Gasteiger partial charge in [-0.2, -0.15) is 8.78 Å². The lowest BCUT2D eigenvalue weighted by Crippen LogP contribution is -2.24. The first-order chi connectivity index (χ1) is 15.9. The van der Waals surface area contributed by atoms with Gasteiger partial charge in [-0.3, -0.25) is 4.79 Å². The van der Waals surface area contributed by atoms with Crippen molar-refractivity contribution in [2.75, 3.05) is 25.0 Å². The first-order valence-corrected chi connectivity index (χ1v) is 10.5. The average molecular weight is 456 g/mol. The summed E-state index contributed by atoms with van der Waals surface area (Å²) in [6, 6.07) is 19.0. The van der Waals surface area contributed by atoms with Crippen LogP contribution in [-0.4, -0.2) is 36.3 Å². The van der Waals surface area contributed by atoms with E-state index in [9.17, 15) is 23.8 Å². The highest BCUT2D eigenvalue weighted by atomic mass is 19.3. The summed E-state index contributed by atoms with van der Waals surface area (Å²) < 4.78 is 33.7. The molecule has 0 aliphatic heterocycles. The normalized spacial score (nSPS) is 12.2. The standard InChI is InChI=1S/C25H26F2N2O4/c26-25(27,20-4-2-1-3-5-20)16-33-21-9-6-18(7-10-21)12-13-28-15-24(32)19-8-11-23(31)22(14-19)29-17-30/h1-11,14,17,24,28,31-32H,12-13,15-16H2,(H,29,30). The minimum atomic E-state index is -3.08. The lowest BCUT2D eigenvalue weighted by atomic mass is 10.1. The van der Waals surface area contributed by atoms with Gasteiger partial charge >= 0.3 is 5.92 Å². The second kappa shape index (κ2) is 11.4. The van der Waals surface area contributed by atoms with E-state index in [1.54, 1.807) is 36.4 Å². The van der Waals surface area contributed by atoms with Gasteiger partial charge in [0.05, 0.1) is 11.8 Å². The van der Waals surface area contributed by atoms with Gasteiger partial charge in [0.2, 0.25) is 6.41 Å². The average Bonchev–Trinajstić information content (AvgIpc) is 2.83. The number of carbonyl (C=O) groups is 1. The summed E-state index contributed by atoms with van der Waals surface area (Å²) in [6.07, 6.45) is 0.301. The molecule has 0 bridgehead atoms. The van der Waals surface area contributed by atoms with Crippen LogP contribution in [0.3, 0.4) is 0 Å². The molecule has 1 atom stereocenters. The van der Waals surface area contributed by atoms with Crippen molar-refractivity contribution in [2.45, 2.75) is 18.4 Å². The molecule has 0 spiro atoms. The fourth-order valence-electron chi connectivity index (χ4n) is 3.22. The first kappa shape index (κ1) is 24.2. The lowest BCUT2D eigenvalue weighted by Gasteiger charge is -2.17. The van der Waals surface area contributed by atoms with Crippen molar-refractivity contribution < 1.29 is 28.5 Å². The number of benzene rings is 3. The van der Waals surface area contributed by atoms with E-state index in [2.05, 4.69) is 10.6 Å². The predicted octanol–water partition coefficient (Wildman–Crippen LogP) is 4.00. The molecule has 8 heteroatoms. The van der Waals surface area contributed by atoms with Crippen LogP contribution in [0.4, 0.5) is 14.5 Å². The van der Waals surface area contributed by atoms with Crippen molar-refractivity contribution in [1.82, 2.24) is 5.32 Å². The molecular formula is C25H26F2N2O4. The summed E-state index contributed by atoms with van der Waals surface area (Å²) in [7, 11) is 0. The highest BCUT2D eigenvalue weighted by molar-refractivity contribution is 5.75. The summed E-state index contributed by atoms with van der Waals surface area (Å²) in [5, 5.41) is 25.5. The number of hydrogen-bond acceptors (Lipinski definition) is 5. The van der Waals surface area contributed by atoms with E-state index in [4.69, 9.17) is 4.74 Å². The molecule has 0 aliphatic rings. The van der Waals surface area contributed by atoms with Crippen LogP contribution < -0.4 is 15.4 Å². The number of alkyl halides is 2. The minimum absolute atomic E-state index is 0.0813. The van der Waals surface area contributed by atoms with Crippen LogP contribution in [0.25, 0.3) is 0 Å². The van der Waals surface area contributed by atoms with E-state index in [-0.39, 0.29) is 23.5 Å². The van der Waals surface area contributed by atoms with Gasteiger partial charge in [0.1, 0.15) is 11.5 Å². The van der Waals surface area contributed by atoms with Crippen LogP contribution in [0.2, 0.25) is 0 Å². The van der Waals surface area contributed by atoms with Gasteiger partial charge in [-0.25, -0.2) is 0 Å². The highest BCUT2D eigenvalue weighted by Gasteiger charge is 2.32. The Morgan fingerprint density at radius 1 is 1.03 bits per heavy atom. The number of carbonyl (C=O) groups excluding carboxylic acids is 1. The second-order valence-corrected chi connectivity index (χ2v) is 7.51. The third-order valence-electron chi connectivity index (χ3n) is 5.09. The predicted molar refractivity (Wildman–Crippen MR) is 122 cm³/mol. The largest absolute Gasteiger partial charge is 0.506 e. The summed E-state index contributed by atoms with van der Waals surface area (Å²) in [6.45, 7) is 0.124. The maximum atomic E-state index is 14.2. The smallest absolute Gasteiger partial charge is 0.306 e. The van der Waals surface area contributed by atoms with E-state index < -0.39 is 18.6 Å². The number of ether oxygens (including phenoxy) is 1. The van der Waals surface area contributed by atoms with Crippen molar-refractivity contribution in [3.05, 3.63) is 89.5 Å². The third kappa shape index (κ3) is 7.00. The molecule has 0 fully saturated rings. The Bertz CT molecular complexity index is 1030. The number of phenolic OH excluding ortho intramolecular Hbond substituents is 1. The summed E-state index contributed by atoms with van der Waals surface area (Å²) in [5.74, 6) is -2.79. The summed E-state index contributed by atoms with van der Waals surface area (Å²) in [4.78, 5) is 10.6. The molecule has 174 valence electrons. The maximum absolute atomic E-state index is 14.2. The number of nitrogens with one attached hydrogen (secondary N) is 2. The molecule has 3 aromatic carbocycles. The molecule has 0 radical (unpaired) electrons. The fourth-order valence-corrected chi connectivity index (χ4v) is 3.22. The number of amides is 1. The highest BCUT2D eigenvalue weighted by Crippen LogP contribution is 2.29. The molecule has 0 saturated heterocycles. The number of anilines is 1. The first-order valence-electron chi connectivity index (χ1n) is 10.5. The van der Waals surface area contributed by atoms with E-state index in [0.29, 0.717) is 30.7 Å². The molecule has 0 aliphatic carbocycles. The Morgan fingerprint density at radius 3 is 2.45 bits per heavy atom. The summed E-state index contributed by atoms with van der Waals surface area (Å²) >= 11 is 0. The van der Waals surface area contributed by atoms with Crippen molar-refractivity contribution in [2.24, 2.45) is 0 Å². The van der Waals surface area contributed by atoms with Gasteiger partial charge in [0, 0.05) is 12.1 Å². The van der Waals surface area contributed by atoms with Crippen molar-refractivity contribution >= 4 is 12.1 Å². The number of aliphatic hydroxyl groups is 1. The van der Waals surface area contributed by atoms with Crippen molar-refractivity contribution in [3.63, 3.8) is 0 Å². The van der Waals surface area contributed by atoms with E-state index in [1.807, 2.05) is 12.1 Å². The molecule has 0 aromatic heterocycles. The molecule has 4 N–H and O–H groups in total. The lowest BCUT2D eigenvalue weighted by molar-refractivity contribution is -0.105. The Hall–Kier alpha value is -3.49. The summed E-state index contributed by atoms with van der Waals surface area (Å²) in [5.41, 5.74) is 1.68. The third-order valence-corrected chi connectivity index (χ3v) is 5.09. The van der Waals surface area contributed by atoms with Gasteiger partial charge in [-0.05, 0) is 48.4 Å². The number of halogens is 2. The zero-order valence-corrected chi connectivity index (χ0v) is 17.9. The molecular weight excluding hydrogens is 430 g/mol. The molecule has 33 heavy (non-hydrogen) atoms. The number of aliphatic hydroxyl groups excluding tert-OH is 1. The van der Waals surface area contributed by atoms with Crippen LogP contribution in [0, 0.1) is 0 Å². The monoisotopic (exact) mass is 456 g/mol. The van der Waals surface area contributed by atoms with Crippen LogP contribution in [0.15, 0.2) is 72.8 Å². The van der Waals surface area contributed by atoms with Crippen molar-refractivity contribution in [1.29, 1.82) is 0 Å². The Morgan fingerprint density at radius 2 is 1.76 bits per heavy atom. The van der Waals surface area contributed by atoms with Gasteiger partial charge in [0.25, 0.3) is 0 Å². The maximum Gasteiger partial charge on any atom is 0.306 e. The molecule has 3 aromatic rings. The van der Waals surface area contributed by atoms with E-state index in [1.165, 1.54) is 24.3 Å². The zero-order chi connectivity index (χ0) is 23.7. The molecule has 1 amide bonds. The molecule has 0 heterocycles. The van der Waals surface area contributed by atoms with Gasteiger partial charge in [-0.1, -0.05) is 48.5 Å². The van der Waals surface area contributed by atoms with Crippen molar-refractivity contribution in [3.8, 4) is 11.5 Å². The van der Waals surface area contributed by atoms with Crippen LogP contribution >= 0.6 is 0 Å². The second-order valence-electron chi connectivity index (χ2n) is 7.51. The van der Waals surface area contributed by atoms with E-state index in [0.717, 1.165) is 5.56 Å². The minimum Gasteiger partial charge on any atom is -0.506 e. The Labute approximate surface area is 190 Å². The quantitative estimate of drug-likeness (QED) is 0.188. The molecule has 6 nitrogen and oxygen atoms in total. The zero-order valence-electron chi connectivity index (χ0n) is 17.9. The topological polar surface area (TPSA) is 90.8 Å². The van der Waals surface area contributed by atoms with Crippen LogP contribution in [0.1, 0.15) is 22.8 Å². The molecule has 1 unspecified atom stereocenters. The van der Waals surface area contributed by atoms with Gasteiger partial charge in [0.15, 0.2) is 6.61 Å². The number of phenols is 1. The van der Waals surface area contributed by atoms with E-state index >= 15 is 0 Å². The SMILES string of the molecule is O=CNc1cc(C(O)CNCCc2ccc(OCC(F)(F)c3ccccc3)cc2)ccc1O. The molecule has 0 saturated carbocycles.